The van der Waals surface area contributed by atoms with Crippen LogP contribution in [0.5, 0.6) is 0 Å². The molecule has 150 valence electrons. The molecule has 0 aromatic rings. The van der Waals surface area contributed by atoms with Gasteiger partial charge in [-0.2, -0.15) is 10.5 Å². The maximum atomic E-state index is 9.06. The molecule has 0 unspecified atom stereocenters. The molecule has 5 nitrogen and oxygen atoms in total. The second kappa shape index (κ2) is 9.85. The molecule has 0 atom stereocenters. The summed E-state index contributed by atoms with van der Waals surface area (Å²) < 4.78 is 13.1. The lowest BCUT2D eigenvalue weighted by molar-refractivity contribution is 0.381. The van der Waals surface area contributed by atoms with Crippen LogP contribution >= 0.6 is 0 Å². The molecule has 27 heavy (non-hydrogen) atoms. The van der Waals surface area contributed by atoms with Gasteiger partial charge in [0, 0.05) is 12.2 Å². The van der Waals surface area contributed by atoms with Gasteiger partial charge in [0.1, 0.15) is 17.7 Å². The zero-order chi connectivity index (χ0) is 20.7. The number of hydrogen-bond acceptors (Lipinski definition) is 5. The highest BCUT2D eigenvalue weighted by molar-refractivity contribution is 6.87. The van der Waals surface area contributed by atoms with Crippen molar-refractivity contribution in [1.29, 1.82) is 10.5 Å². The first-order valence-electron chi connectivity index (χ1n) is 9.76. The lowest BCUT2D eigenvalue weighted by Gasteiger charge is -2.38. The average molecular weight is 422 g/mol. The molecule has 0 fully saturated rings. The summed E-state index contributed by atoms with van der Waals surface area (Å²) in [5.74, 6) is 0. The van der Waals surface area contributed by atoms with Crippen molar-refractivity contribution in [2.24, 2.45) is 0 Å². The van der Waals surface area contributed by atoms with E-state index in [4.69, 9.17) is 18.8 Å². The van der Waals surface area contributed by atoms with Gasteiger partial charge in [0.05, 0.1) is 0 Å². The first kappa shape index (κ1) is 23.9. The summed E-state index contributed by atoms with van der Waals surface area (Å²) in [6, 6.07) is 4.98. The molecular formula is C19H35N3O2Si3. The minimum absolute atomic E-state index is 0.237. The van der Waals surface area contributed by atoms with Gasteiger partial charge in [-0.05, 0) is 89.2 Å². The summed E-state index contributed by atoms with van der Waals surface area (Å²) in [5.41, 5.74) is 2.22. The summed E-state index contributed by atoms with van der Waals surface area (Å²) in [6.45, 7) is 16.5. The zero-order valence-electron chi connectivity index (χ0n) is 18.0. The van der Waals surface area contributed by atoms with Crippen LogP contribution < -0.4 is 5.32 Å². The van der Waals surface area contributed by atoms with E-state index in [-0.39, 0.29) is 5.57 Å². The van der Waals surface area contributed by atoms with Gasteiger partial charge in [0.25, 0.3) is 0 Å². The second-order valence-corrected chi connectivity index (χ2v) is 22.1. The molecule has 0 amide bonds. The monoisotopic (exact) mass is 421 g/mol. The molecule has 0 aromatic carbocycles. The molecule has 0 bridgehead atoms. The van der Waals surface area contributed by atoms with Gasteiger partial charge in [-0.3, -0.25) is 0 Å². The van der Waals surface area contributed by atoms with Crippen LogP contribution in [0, 0.1) is 22.7 Å². The Morgan fingerprint density at radius 3 is 2.04 bits per heavy atom. The van der Waals surface area contributed by atoms with Gasteiger partial charge >= 0.3 is 8.56 Å². The van der Waals surface area contributed by atoms with Crippen molar-refractivity contribution in [1.82, 2.24) is 5.32 Å². The predicted molar refractivity (Wildman–Crippen MR) is 118 cm³/mol. The van der Waals surface area contributed by atoms with E-state index in [1.807, 2.05) is 18.2 Å². The molecule has 1 N–H and O–H groups in total. The molecule has 0 heterocycles. The first-order valence-corrected chi connectivity index (χ1v) is 19.1. The van der Waals surface area contributed by atoms with Crippen LogP contribution in [0.25, 0.3) is 0 Å². The third-order valence-electron chi connectivity index (χ3n) is 3.99. The Balaban J connectivity index is 2.67. The lowest BCUT2D eigenvalue weighted by atomic mass is 9.96. The Bertz CT molecular complexity index is 630. The van der Waals surface area contributed by atoms with Crippen LogP contribution in [0.15, 0.2) is 22.9 Å². The largest absolute Gasteiger partial charge is 0.437 e. The van der Waals surface area contributed by atoms with E-state index < -0.39 is 25.2 Å². The maximum absolute atomic E-state index is 9.06. The summed E-state index contributed by atoms with van der Waals surface area (Å²) in [4.78, 5) is 0. The molecule has 0 aliphatic heterocycles. The van der Waals surface area contributed by atoms with Crippen LogP contribution in [0.2, 0.25) is 51.9 Å². The average Bonchev–Trinajstić information content (AvgIpc) is 2.49. The molecule has 0 radical (unpaired) electrons. The number of rotatable bonds is 9. The third kappa shape index (κ3) is 9.54. The van der Waals surface area contributed by atoms with Crippen LogP contribution in [-0.4, -0.2) is 31.7 Å². The minimum Gasteiger partial charge on any atom is -0.437 e. The quantitative estimate of drug-likeness (QED) is 0.316. The van der Waals surface area contributed by atoms with E-state index >= 15 is 0 Å². The number of hydrogen-bond donors (Lipinski definition) is 1. The van der Waals surface area contributed by atoms with Crippen LogP contribution in [0.3, 0.4) is 0 Å². The van der Waals surface area contributed by atoms with Gasteiger partial charge in [-0.15, -0.1) is 0 Å². The van der Waals surface area contributed by atoms with Crippen molar-refractivity contribution in [2.75, 3.05) is 6.54 Å². The fraction of sp³-hybridized carbons (Fsp3) is 0.684. The van der Waals surface area contributed by atoms with E-state index in [0.29, 0.717) is 0 Å². The molecular weight excluding hydrogens is 386 g/mol. The van der Waals surface area contributed by atoms with Crippen molar-refractivity contribution < 1.29 is 8.23 Å². The molecule has 0 aromatic heterocycles. The van der Waals surface area contributed by atoms with Crippen molar-refractivity contribution in [2.45, 2.75) is 77.6 Å². The van der Waals surface area contributed by atoms with Gasteiger partial charge < -0.3 is 13.5 Å². The molecule has 1 aliphatic carbocycles. The zero-order valence-corrected chi connectivity index (χ0v) is 21.0. The van der Waals surface area contributed by atoms with Gasteiger partial charge in [-0.1, -0.05) is 0 Å². The maximum Gasteiger partial charge on any atom is 0.314 e. The van der Waals surface area contributed by atoms with Gasteiger partial charge in [0.15, 0.2) is 16.6 Å². The predicted octanol–water partition coefficient (Wildman–Crippen LogP) is 5.15. The van der Waals surface area contributed by atoms with E-state index in [1.165, 1.54) is 0 Å². The third-order valence-corrected chi connectivity index (χ3v) is 13.6. The highest BCUT2D eigenvalue weighted by atomic mass is 28.5. The Labute approximate surface area is 168 Å². The summed E-state index contributed by atoms with van der Waals surface area (Å²) in [6.07, 6.45) is 5.74. The fourth-order valence-electron chi connectivity index (χ4n) is 3.41. The Morgan fingerprint density at radius 1 is 1.00 bits per heavy atom. The fourth-order valence-corrected chi connectivity index (χ4v) is 15.9. The van der Waals surface area contributed by atoms with Gasteiger partial charge in [-0.25, -0.2) is 0 Å². The normalized spacial score (nSPS) is 15.6. The standard InChI is InChI=1S/C19H35N3O2Si3/c1-25(2,3)23-27(7,24-26(4,5)6)13-9-12-22-19-11-8-10-17(14-19)18(15-20)16-21/h14,22H,8-13H2,1-7H3. The SMILES string of the molecule is C[Si](C)(C)O[Si](C)(CCCNC1=CC(=C(C#N)C#N)CCC1)O[Si](C)(C)C. The smallest absolute Gasteiger partial charge is 0.314 e. The van der Waals surface area contributed by atoms with Crippen molar-refractivity contribution >= 4 is 25.2 Å². The Hall–Kier alpha value is -1.17. The first-order chi connectivity index (χ1) is 12.4. The van der Waals surface area contributed by atoms with E-state index in [2.05, 4.69) is 51.1 Å². The summed E-state index contributed by atoms with van der Waals surface area (Å²) in [5, 5.41) is 21.6. The van der Waals surface area contributed by atoms with Crippen LogP contribution in [-0.2, 0) is 8.23 Å². The summed E-state index contributed by atoms with van der Waals surface area (Å²) in [7, 11) is -5.49. The Kier molecular flexibility index (Phi) is 8.71. The Morgan fingerprint density at radius 2 is 1.56 bits per heavy atom. The highest BCUT2D eigenvalue weighted by Gasteiger charge is 2.39. The van der Waals surface area contributed by atoms with E-state index in [9.17, 15) is 0 Å². The van der Waals surface area contributed by atoms with Crippen LogP contribution in [0.1, 0.15) is 25.7 Å². The second-order valence-electron chi connectivity index (χ2n) is 9.24. The molecule has 0 spiro atoms. The number of nitrogens with zero attached hydrogens (tertiary/aromatic N) is 2. The number of nitrogens with one attached hydrogen (secondary N) is 1. The molecule has 1 aliphatic rings. The number of nitriles is 2. The molecule has 0 saturated carbocycles. The molecule has 0 saturated heterocycles. The highest BCUT2D eigenvalue weighted by Crippen LogP contribution is 2.26. The van der Waals surface area contributed by atoms with Gasteiger partial charge in [0.2, 0.25) is 0 Å². The van der Waals surface area contributed by atoms with Crippen molar-refractivity contribution in [3.05, 3.63) is 22.9 Å². The molecule has 8 heteroatoms. The van der Waals surface area contributed by atoms with Crippen molar-refractivity contribution in [3.63, 3.8) is 0 Å². The number of allylic oxidation sites excluding steroid dienone is 4. The minimum atomic E-state index is -2.18. The topological polar surface area (TPSA) is 78.1 Å². The van der Waals surface area contributed by atoms with E-state index in [1.54, 1.807) is 0 Å². The van der Waals surface area contributed by atoms with Crippen molar-refractivity contribution in [3.8, 4) is 12.1 Å². The lowest BCUT2D eigenvalue weighted by Crippen LogP contribution is -2.52. The van der Waals surface area contributed by atoms with E-state index in [0.717, 1.165) is 49.5 Å². The van der Waals surface area contributed by atoms with Crippen LogP contribution in [0.4, 0.5) is 0 Å². The summed E-state index contributed by atoms with van der Waals surface area (Å²) >= 11 is 0. The molecule has 1 rings (SSSR count).